The first kappa shape index (κ1) is 13.1. The van der Waals surface area contributed by atoms with Crippen molar-refractivity contribution in [2.75, 3.05) is 13.6 Å². The molecule has 20 heavy (non-hydrogen) atoms. The third-order valence-electron chi connectivity index (χ3n) is 3.88. The second kappa shape index (κ2) is 5.21. The average Bonchev–Trinajstić information content (AvgIpc) is 2.80. The first-order valence-corrected chi connectivity index (χ1v) is 6.86. The van der Waals surface area contributed by atoms with E-state index in [0.29, 0.717) is 0 Å². The third-order valence-corrected chi connectivity index (χ3v) is 3.88. The van der Waals surface area contributed by atoms with Gasteiger partial charge in [0.1, 0.15) is 17.6 Å². The number of hydrogen-bond acceptors (Lipinski definition) is 4. The lowest BCUT2D eigenvalue weighted by molar-refractivity contribution is -0.120. The molecule has 4 nitrogen and oxygen atoms in total. The minimum absolute atomic E-state index is 0.0203. The highest BCUT2D eigenvalue weighted by Crippen LogP contribution is 2.27. The predicted octanol–water partition coefficient (Wildman–Crippen LogP) is 2.28. The molecule has 2 heterocycles. The summed E-state index contributed by atoms with van der Waals surface area (Å²) in [6.45, 7) is 2.42. The van der Waals surface area contributed by atoms with Crippen molar-refractivity contribution in [1.82, 2.24) is 9.88 Å². The first-order valence-electron chi connectivity index (χ1n) is 6.86. The normalized spacial score (nSPS) is 23.1. The van der Waals surface area contributed by atoms with Crippen LogP contribution >= 0.6 is 0 Å². The number of ether oxygens (including phenoxy) is 1. The summed E-state index contributed by atoms with van der Waals surface area (Å²) in [6, 6.07) is 9.81. The van der Waals surface area contributed by atoms with E-state index in [1.54, 1.807) is 13.1 Å². The van der Waals surface area contributed by atoms with Gasteiger partial charge in [0, 0.05) is 24.5 Å². The number of aromatic nitrogens is 1. The summed E-state index contributed by atoms with van der Waals surface area (Å²) < 4.78 is 6.11. The summed E-state index contributed by atoms with van der Waals surface area (Å²) in [6.07, 6.45) is 2.57. The molecule has 2 atom stereocenters. The van der Waals surface area contributed by atoms with Gasteiger partial charge in [-0.25, -0.2) is 0 Å². The van der Waals surface area contributed by atoms with Gasteiger partial charge < -0.3 is 4.74 Å². The molecule has 0 bridgehead atoms. The van der Waals surface area contributed by atoms with Crippen molar-refractivity contribution >= 4 is 16.7 Å². The molecule has 0 radical (unpaired) electrons. The quantitative estimate of drug-likeness (QED) is 0.858. The molecule has 2 unspecified atom stereocenters. The smallest absolute Gasteiger partial charge is 0.147 e. The monoisotopic (exact) mass is 270 g/mol. The molecule has 1 aromatic carbocycles. The molecule has 1 fully saturated rings. The molecule has 0 saturated carbocycles. The SMILES string of the molecule is CC(=O)C1CC(Oc2ccnc3ccccc23)CN1C. The Labute approximate surface area is 118 Å². The highest BCUT2D eigenvalue weighted by atomic mass is 16.5. The summed E-state index contributed by atoms with van der Waals surface area (Å²) in [5.74, 6) is 1.05. The molecule has 104 valence electrons. The van der Waals surface area contributed by atoms with Crippen LogP contribution in [0.1, 0.15) is 13.3 Å². The van der Waals surface area contributed by atoms with Crippen LogP contribution < -0.4 is 4.74 Å². The number of hydrogen-bond donors (Lipinski definition) is 0. The summed E-state index contributed by atoms with van der Waals surface area (Å²) in [5.41, 5.74) is 0.930. The number of carbonyl (C=O) groups is 1. The van der Waals surface area contributed by atoms with Gasteiger partial charge in [-0.15, -0.1) is 0 Å². The number of nitrogens with zero attached hydrogens (tertiary/aromatic N) is 2. The Morgan fingerprint density at radius 2 is 2.15 bits per heavy atom. The molecule has 1 aromatic heterocycles. The number of rotatable bonds is 3. The Morgan fingerprint density at radius 3 is 2.90 bits per heavy atom. The number of ketones is 1. The summed E-state index contributed by atoms with van der Waals surface area (Å²) in [5, 5.41) is 1.02. The topological polar surface area (TPSA) is 42.4 Å². The fourth-order valence-corrected chi connectivity index (χ4v) is 2.87. The molecule has 0 aliphatic carbocycles. The van der Waals surface area contributed by atoms with Crippen molar-refractivity contribution in [3.63, 3.8) is 0 Å². The third kappa shape index (κ3) is 2.39. The number of benzene rings is 1. The second-order valence-corrected chi connectivity index (χ2v) is 5.37. The van der Waals surface area contributed by atoms with E-state index in [2.05, 4.69) is 9.88 Å². The second-order valence-electron chi connectivity index (χ2n) is 5.37. The Hall–Kier alpha value is -1.94. The van der Waals surface area contributed by atoms with E-state index in [1.807, 2.05) is 37.4 Å². The van der Waals surface area contributed by atoms with Crippen LogP contribution in [0.15, 0.2) is 36.5 Å². The van der Waals surface area contributed by atoms with Crippen molar-refractivity contribution < 1.29 is 9.53 Å². The van der Waals surface area contributed by atoms with E-state index < -0.39 is 0 Å². The van der Waals surface area contributed by atoms with Gasteiger partial charge in [-0.1, -0.05) is 12.1 Å². The van der Waals surface area contributed by atoms with Crippen LogP contribution in [0.3, 0.4) is 0 Å². The van der Waals surface area contributed by atoms with E-state index in [1.165, 1.54) is 0 Å². The molecule has 1 saturated heterocycles. The number of fused-ring (bicyclic) bond motifs is 1. The highest BCUT2D eigenvalue weighted by molar-refractivity contribution is 5.84. The van der Waals surface area contributed by atoms with Crippen LogP contribution in [0.5, 0.6) is 5.75 Å². The van der Waals surface area contributed by atoms with Crippen LogP contribution in [0.4, 0.5) is 0 Å². The lowest BCUT2D eigenvalue weighted by Crippen LogP contribution is -2.31. The molecule has 3 rings (SSSR count). The van der Waals surface area contributed by atoms with Crippen LogP contribution in [-0.2, 0) is 4.79 Å². The Morgan fingerprint density at radius 1 is 1.35 bits per heavy atom. The van der Waals surface area contributed by atoms with Gasteiger partial charge in [-0.3, -0.25) is 14.7 Å². The number of likely N-dealkylation sites (N-methyl/N-ethyl adjacent to an activating group) is 1. The molecule has 0 N–H and O–H groups in total. The highest BCUT2D eigenvalue weighted by Gasteiger charge is 2.33. The molecule has 0 amide bonds. The first-order chi connectivity index (χ1) is 9.65. The van der Waals surface area contributed by atoms with Gasteiger partial charge in [0.05, 0.1) is 11.6 Å². The number of carbonyl (C=O) groups excluding carboxylic acids is 1. The van der Waals surface area contributed by atoms with E-state index in [9.17, 15) is 4.79 Å². The van der Waals surface area contributed by atoms with Gasteiger partial charge in [0.15, 0.2) is 0 Å². The Kier molecular flexibility index (Phi) is 3.40. The van der Waals surface area contributed by atoms with Crippen molar-refractivity contribution in [2.24, 2.45) is 0 Å². The van der Waals surface area contributed by atoms with Gasteiger partial charge in [-0.2, -0.15) is 0 Å². The van der Waals surface area contributed by atoms with Gasteiger partial charge in [0.2, 0.25) is 0 Å². The maximum Gasteiger partial charge on any atom is 0.147 e. The average molecular weight is 270 g/mol. The Balaban J connectivity index is 1.82. The maximum atomic E-state index is 11.6. The van der Waals surface area contributed by atoms with E-state index in [0.717, 1.165) is 29.6 Å². The summed E-state index contributed by atoms with van der Waals surface area (Å²) >= 11 is 0. The predicted molar refractivity (Wildman–Crippen MR) is 77.9 cm³/mol. The van der Waals surface area contributed by atoms with Crippen molar-refractivity contribution in [3.8, 4) is 5.75 Å². The van der Waals surface area contributed by atoms with Crippen LogP contribution in [-0.4, -0.2) is 41.4 Å². The van der Waals surface area contributed by atoms with Gasteiger partial charge in [0.25, 0.3) is 0 Å². The lowest BCUT2D eigenvalue weighted by Gasteiger charge is -2.15. The van der Waals surface area contributed by atoms with Crippen LogP contribution in [0.25, 0.3) is 10.9 Å². The minimum atomic E-state index is -0.0203. The number of para-hydroxylation sites is 1. The standard InChI is InChI=1S/C16H18N2O2/c1-11(19)15-9-12(10-18(15)2)20-16-7-8-17-14-6-4-3-5-13(14)16/h3-8,12,15H,9-10H2,1-2H3. The molecule has 2 aromatic rings. The van der Waals surface area contributed by atoms with Gasteiger partial charge >= 0.3 is 0 Å². The maximum absolute atomic E-state index is 11.6. The zero-order valence-corrected chi connectivity index (χ0v) is 11.7. The number of Topliss-reactive ketones (excluding diaryl/α,β-unsaturated/α-hetero) is 1. The zero-order valence-electron chi connectivity index (χ0n) is 11.7. The fraction of sp³-hybridized carbons (Fsp3) is 0.375. The van der Waals surface area contributed by atoms with Crippen LogP contribution in [0.2, 0.25) is 0 Å². The van der Waals surface area contributed by atoms with Gasteiger partial charge in [-0.05, 0) is 32.2 Å². The number of likely N-dealkylation sites (tertiary alicyclic amines) is 1. The van der Waals surface area contributed by atoms with E-state index in [-0.39, 0.29) is 17.9 Å². The summed E-state index contributed by atoms with van der Waals surface area (Å²) in [4.78, 5) is 18.0. The molecular weight excluding hydrogens is 252 g/mol. The van der Waals surface area contributed by atoms with Crippen molar-refractivity contribution in [1.29, 1.82) is 0 Å². The minimum Gasteiger partial charge on any atom is -0.488 e. The molecule has 1 aliphatic rings. The van der Waals surface area contributed by atoms with E-state index >= 15 is 0 Å². The molecule has 1 aliphatic heterocycles. The molecule has 4 heteroatoms. The molecular formula is C16H18N2O2. The fourth-order valence-electron chi connectivity index (χ4n) is 2.87. The molecule has 0 spiro atoms. The van der Waals surface area contributed by atoms with E-state index in [4.69, 9.17) is 4.74 Å². The Bertz CT molecular complexity index is 636. The van der Waals surface area contributed by atoms with Crippen LogP contribution in [0, 0.1) is 0 Å². The van der Waals surface area contributed by atoms with Crippen molar-refractivity contribution in [2.45, 2.75) is 25.5 Å². The largest absolute Gasteiger partial charge is 0.488 e. The summed E-state index contributed by atoms with van der Waals surface area (Å²) in [7, 11) is 1.97. The van der Waals surface area contributed by atoms with Crippen molar-refractivity contribution in [3.05, 3.63) is 36.5 Å². The lowest BCUT2D eigenvalue weighted by atomic mass is 10.1. The number of pyridine rings is 1. The zero-order chi connectivity index (χ0) is 14.1.